The molecule has 0 heterocycles. The number of allylic oxidation sites excluding steroid dienone is 6. The van der Waals surface area contributed by atoms with Crippen molar-refractivity contribution in [2.75, 3.05) is 13.2 Å². The molecule has 6 nitrogen and oxygen atoms in total. The molecule has 0 aromatic rings. The van der Waals surface area contributed by atoms with E-state index < -0.39 is 12.1 Å². The summed E-state index contributed by atoms with van der Waals surface area (Å²) in [4.78, 5) is 24.6. The normalized spacial score (nSPS) is 12.6. The first-order valence-corrected chi connectivity index (χ1v) is 39.7. The monoisotopic (exact) mass is 1220 g/mol. The van der Waals surface area contributed by atoms with Crippen molar-refractivity contribution in [1.82, 2.24) is 5.32 Å². The van der Waals surface area contributed by atoms with E-state index in [1.807, 2.05) is 0 Å². The molecule has 0 rings (SSSR count). The number of carbonyl (C=O) groups is 2. The van der Waals surface area contributed by atoms with Crippen molar-refractivity contribution >= 4 is 11.9 Å². The highest BCUT2D eigenvalue weighted by Gasteiger charge is 2.20. The molecule has 0 radical (unpaired) electrons. The molecule has 3 N–H and O–H groups in total. The lowest BCUT2D eigenvalue weighted by atomic mass is 10.0. The van der Waals surface area contributed by atoms with Crippen LogP contribution in [-0.2, 0) is 14.3 Å². The fraction of sp³-hybridized carbons (Fsp3) is 0.901. The zero-order valence-corrected chi connectivity index (χ0v) is 59.0. The second-order valence-electron chi connectivity index (χ2n) is 27.4. The zero-order valence-electron chi connectivity index (χ0n) is 59.0. The van der Waals surface area contributed by atoms with E-state index >= 15 is 0 Å². The summed E-state index contributed by atoms with van der Waals surface area (Å²) in [7, 11) is 0. The second kappa shape index (κ2) is 76.5. The van der Waals surface area contributed by atoms with Crippen LogP contribution in [0.15, 0.2) is 36.5 Å². The number of hydrogen-bond donors (Lipinski definition) is 3. The number of aliphatic hydroxyl groups excluding tert-OH is 2. The number of nitrogens with one attached hydrogen (secondary N) is 1. The van der Waals surface area contributed by atoms with Gasteiger partial charge in [-0.25, -0.2) is 0 Å². The van der Waals surface area contributed by atoms with Gasteiger partial charge >= 0.3 is 5.97 Å². The number of unbranched alkanes of at least 4 members (excludes halogenated alkanes) is 58. The maximum Gasteiger partial charge on any atom is 0.305 e. The third-order valence-corrected chi connectivity index (χ3v) is 18.7. The lowest BCUT2D eigenvalue weighted by Crippen LogP contribution is -2.45. The number of ether oxygens (including phenoxy) is 1. The summed E-state index contributed by atoms with van der Waals surface area (Å²) in [6.07, 6.45) is 99.5. The van der Waals surface area contributed by atoms with Crippen molar-refractivity contribution < 1.29 is 24.5 Å². The Morgan fingerprint density at radius 2 is 0.575 bits per heavy atom. The van der Waals surface area contributed by atoms with E-state index in [1.165, 1.54) is 360 Å². The van der Waals surface area contributed by atoms with Crippen molar-refractivity contribution in [2.45, 2.75) is 456 Å². The van der Waals surface area contributed by atoms with Gasteiger partial charge < -0.3 is 20.3 Å². The summed E-state index contributed by atoms with van der Waals surface area (Å²) < 4.78 is 5.50. The van der Waals surface area contributed by atoms with Crippen LogP contribution in [0.2, 0.25) is 0 Å². The number of amides is 1. The number of esters is 1. The van der Waals surface area contributed by atoms with E-state index in [2.05, 4.69) is 55.6 Å². The van der Waals surface area contributed by atoms with Gasteiger partial charge in [0.15, 0.2) is 0 Å². The molecule has 6 heteroatoms. The van der Waals surface area contributed by atoms with Crippen LogP contribution in [0, 0.1) is 0 Å². The van der Waals surface area contributed by atoms with Gasteiger partial charge in [-0.2, -0.15) is 0 Å². The first kappa shape index (κ1) is 85.1. The first-order valence-electron chi connectivity index (χ1n) is 39.7. The highest BCUT2D eigenvalue weighted by atomic mass is 16.5. The lowest BCUT2D eigenvalue weighted by Gasteiger charge is -2.22. The number of rotatable bonds is 75. The Bertz CT molecular complexity index is 1410. The van der Waals surface area contributed by atoms with Crippen molar-refractivity contribution in [3.05, 3.63) is 36.5 Å². The van der Waals surface area contributed by atoms with Crippen LogP contribution in [0.3, 0.4) is 0 Å². The molecule has 0 aromatic heterocycles. The average Bonchev–Trinajstić information content (AvgIpc) is 3.52. The van der Waals surface area contributed by atoms with Crippen LogP contribution < -0.4 is 5.32 Å². The Kier molecular flexibility index (Phi) is 74.8. The SMILES string of the molecule is CCCCCCCC/C=C\CCCCCCCC(=O)OCCCCCCCCCCCCCCC/C=C\C/C=C\CCCCCCCCCCCCCCCCCCCC(=O)NC(CO)C(O)CCCCCCCCCCCCCCCCCCCC. The van der Waals surface area contributed by atoms with Crippen LogP contribution >= 0.6 is 0 Å². The van der Waals surface area contributed by atoms with Crippen LogP contribution in [0.1, 0.15) is 444 Å². The summed E-state index contributed by atoms with van der Waals surface area (Å²) in [5.41, 5.74) is 0. The van der Waals surface area contributed by atoms with Gasteiger partial charge in [0.05, 0.1) is 25.4 Å². The quantitative estimate of drug-likeness (QED) is 0.0320. The number of hydrogen-bond acceptors (Lipinski definition) is 5. The van der Waals surface area contributed by atoms with E-state index in [0.29, 0.717) is 25.9 Å². The Labute approximate surface area is 544 Å². The highest BCUT2D eigenvalue weighted by Crippen LogP contribution is 2.20. The molecule has 87 heavy (non-hydrogen) atoms. The standard InChI is InChI=1S/C81H155NO5/c1-3-5-7-9-11-13-15-17-19-20-42-46-49-53-57-61-65-69-73-79(84)78(77-83)82-80(85)74-70-66-62-58-54-50-47-43-40-38-36-34-32-30-28-26-24-22-21-23-25-27-29-31-33-35-37-39-41-44-48-52-56-60-64-68-72-76-87-81(86)75-71-67-63-59-55-51-45-18-16-14-12-10-8-6-4-2/h18,21,23,27,29,45,78-79,83-84H,3-17,19-20,22,24-26,28,30-44,46-77H2,1-2H3,(H,82,85)/b23-21-,29-27-,45-18-. The predicted octanol–water partition coefficient (Wildman–Crippen LogP) is 26.2. The summed E-state index contributed by atoms with van der Waals surface area (Å²) in [6, 6.07) is -0.540. The molecular weight excluding hydrogens is 1070 g/mol. The second-order valence-corrected chi connectivity index (χ2v) is 27.4. The third kappa shape index (κ3) is 73.0. The van der Waals surface area contributed by atoms with Crippen molar-refractivity contribution in [3.63, 3.8) is 0 Å². The van der Waals surface area contributed by atoms with Gasteiger partial charge in [0.2, 0.25) is 5.91 Å². The maximum absolute atomic E-state index is 12.5. The van der Waals surface area contributed by atoms with Crippen molar-refractivity contribution in [1.29, 1.82) is 0 Å². The van der Waals surface area contributed by atoms with Crippen molar-refractivity contribution in [2.24, 2.45) is 0 Å². The third-order valence-electron chi connectivity index (χ3n) is 18.7. The maximum atomic E-state index is 12.5. The Morgan fingerprint density at radius 3 is 0.885 bits per heavy atom. The minimum atomic E-state index is -0.663. The van der Waals surface area contributed by atoms with Crippen molar-refractivity contribution in [3.8, 4) is 0 Å². The summed E-state index contributed by atoms with van der Waals surface area (Å²) in [5.74, 6) is -0.0165. The molecule has 0 bridgehead atoms. The molecule has 1 amide bonds. The van der Waals surface area contributed by atoms with Crippen LogP contribution in [-0.4, -0.2) is 47.4 Å². The summed E-state index contributed by atoms with van der Waals surface area (Å²) in [6.45, 7) is 4.99. The molecule has 514 valence electrons. The van der Waals surface area contributed by atoms with Crippen LogP contribution in [0.25, 0.3) is 0 Å². The predicted molar refractivity (Wildman–Crippen MR) is 384 cm³/mol. The molecule has 0 saturated carbocycles. The Balaban J connectivity index is 3.36. The van der Waals surface area contributed by atoms with Gasteiger partial charge in [0, 0.05) is 12.8 Å². The fourth-order valence-electron chi connectivity index (χ4n) is 12.6. The molecule has 2 unspecified atom stereocenters. The molecular formula is C81H155NO5. The van der Waals surface area contributed by atoms with Gasteiger partial charge in [0.1, 0.15) is 0 Å². The van der Waals surface area contributed by atoms with Gasteiger partial charge in [-0.3, -0.25) is 9.59 Å². The topological polar surface area (TPSA) is 95.9 Å². The molecule has 0 aliphatic rings. The number of aliphatic hydroxyl groups is 2. The smallest absolute Gasteiger partial charge is 0.305 e. The molecule has 0 fully saturated rings. The van der Waals surface area contributed by atoms with Gasteiger partial charge in [-0.05, 0) is 83.5 Å². The summed E-state index contributed by atoms with van der Waals surface area (Å²) in [5, 5.41) is 23.4. The van der Waals surface area contributed by atoms with E-state index in [1.54, 1.807) is 0 Å². The fourth-order valence-corrected chi connectivity index (χ4v) is 12.6. The first-order chi connectivity index (χ1) is 43.0. The van der Waals surface area contributed by atoms with E-state index in [0.717, 1.165) is 51.4 Å². The van der Waals surface area contributed by atoms with Gasteiger partial charge in [-0.1, -0.05) is 384 Å². The zero-order chi connectivity index (χ0) is 62.8. The minimum absolute atomic E-state index is 0.0115. The Hall–Kier alpha value is -1.92. The van der Waals surface area contributed by atoms with Gasteiger partial charge in [0.25, 0.3) is 0 Å². The van der Waals surface area contributed by atoms with E-state index in [4.69, 9.17) is 4.74 Å². The molecule has 0 saturated heterocycles. The lowest BCUT2D eigenvalue weighted by molar-refractivity contribution is -0.143. The Morgan fingerprint density at radius 1 is 0.322 bits per heavy atom. The van der Waals surface area contributed by atoms with Gasteiger partial charge in [-0.15, -0.1) is 0 Å². The molecule has 0 spiro atoms. The minimum Gasteiger partial charge on any atom is -0.466 e. The largest absolute Gasteiger partial charge is 0.466 e. The summed E-state index contributed by atoms with van der Waals surface area (Å²) >= 11 is 0. The number of carbonyl (C=O) groups excluding carboxylic acids is 2. The molecule has 0 aliphatic heterocycles. The molecule has 2 atom stereocenters. The highest BCUT2D eigenvalue weighted by molar-refractivity contribution is 5.76. The van der Waals surface area contributed by atoms with Crippen LogP contribution in [0.4, 0.5) is 0 Å². The average molecular weight is 1220 g/mol. The molecule has 0 aliphatic carbocycles. The van der Waals surface area contributed by atoms with Crippen LogP contribution in [0.5, 0.6) is 0 Å². The van der Waals surface area contributed by atoms with E-state index in [-0.39, 0.29) is 18.5 Å². The van der Waals surface area contributed by atoms with E-state index in [9.17, 15) is 19.8 Å². The molecule has 0 aromatic carbocycles.